The molecule has 0 spiro atoms. The van der Waals surface area contributed by atoms with Crippen LogP contribution in [0.15, 0.2) is 21.4 Å². The average Bonchev–Trinajstić information content (AvgIpc) is 2.84. The lowest BCUT2D eigenvalue weighted by atomic mass is 10.2. The Morgan fingerprint density at radius 2 is 2.33 bits per heavy atom. The van der Waals surface area contributed by atoms with Crippen molar-refractivity contribution in [1.82, 2.24) is 9.80 Å². The number of carbonyl (C=O) groups excluding carboxylic acids is 1. The lowest BCUT2D eigenvalue weighted by Crippen LogP contribution is -2.49. The first-order valence-corrected chi connectivity index (χ1v) is 7.30. The third-order valence-corrected chi connectivity index (χ3v) is 3.58. The van der Waals surface area contributed by atoms with E-state index in [1.165, 1.54) is 6.26 Å². The zero-order valence-electron chi connectivity index (χ0n) is 11.6. The van der Waals surface area contributed by atoms with E-state index in [4.69, 9.17) is 14.3 Å². The van der Waals surface area contributed by atoms with E-state index in [0.29, 0.717) is 36.5 Å². The predicted octanol–water partition coefficient (Wildman–Crippen LogP) is 0.900. The second-order valence-corrected chi connectivity index (χ2v) is 5.76. The maximum absolute atomic E-state index is 12.3. The Morgan fingerprint density at radius 3 is 2.95 bits per heavy atom. The molecule has 0 aliphatic carbocycles. The van der Waals surface area contributed by atoms with Crippen LogP contribution in [0, 0.1) is 0 Å². The molecular formula is C13H17BrN2O5. The molecule has 0 aromatic carbocycles. The molecule has 1 saturated heterocycles. The molecule has 1 amide bonds. The van der Waals surface area contributed by atoms with Crippen molar-refractivity contribution in [3.63, 3.8) is 0 Å². The number of morpholine rings is 1. The van der Waals surface area contributed by atoms with Crippen molar-refractivity contribution in [3.05, 3.63) is 22.6 Å². The van der Waals surface area contributed by atoms with Gasteiger partial charge in [-0.2, -0.15) is 0 Å². The van der Waals surface area contributed by atoms with E-state index in [9.17, 15) is 9.59 Å². The number of carboxylic acid groups (broad SMARTS) is 1. The van der Waals surface area contributed by atoms with Crippen molar-refractivity contribution < 1.29 is 23.8 Å². The van der Waals surface area contributed by atoms with Crippen LogP contribution in [0.2, 0.25) is 0 Å². The number of likely N-dealkylation sites (N-methyl/N-ethyl adjacent to an activating group) is 1. The molecule has 2 heterocycles. The summed E-state index contributed by atoms with van der Waals surface area (Å²) >= 11 is 3.17. The minimum Gasteiger partial charge on any atom is -0.480 e. The second kappa shape index (κ2) is 7.06. The van der Waals surface area contributed by atoms with Crippen molar-refractivity contribution in [3.8, 4) is 0 Å². The van der Waals surface area contributed by atoms with Crippen molar-refractivity contribution in [2.45, 2.75) is 6.10 Å². The fourth-order valence-electron chi connectivity index (χ4n) is 2.26. The van der Waals surface area contributed by atoms with Crippen molar-refractivity contribution in [2.75, 3.05) is 39.8 Å². The predicted molar refractivity (Wildman–Crippen MR) is 77.2 cm³/mol. The number of nitrogens with zero attached hydrogens (tertiary/aromatic N) is 2. The van der Waals surface area contributed by atoms with E-state index in [2.05, 4.69) is 15.9 Å². The fourth-order valence-corrected chi connectivity index (χ4v) is 2.60. The first-order valence-electron chi connectivity index (χ1n) is 6.51. The van der Waals surface area contributed by atoms with Gasteiger partial charge in [0, 0.05) is 25.7 Å². The maximum Gasteiger partial charge on any atom is 0.317 e. The topological polar surface area (TPSA) is 83.2 Å². The van der Waals surface area contributed by atoms with E-state index < -0.39 is 5.97 Å². The minimum absolute atomic E-state index is 0.0531. The van der Waals surface area contributed by atoms with Crippen LogP contribution < -0.4 is 0 Å². The first kappa shape index (κ1) is 16.0. The van der Waals surface area contributed by atoms with Crippen LogP contribution in [0.3, 0.4) is 0 Å². The van der Waals surface area contributed by atoms with Gasteiger partial charge < -0.3 is 19.2 Å². The summed E-state index contributed by atoms with van der Waals surface area (Å²) in [7, 11) is 1.71. The number of hydrogen-bond donors (Lipinski definition) is 1. The SMILES string of the molecule is CN(CC(=O)O)CC1CN(C(=O)c2coc(Br)c2)CCO1. The van der Waals surface area contributed by atoms with E-state index in [0.717, 1.165) is 0 Å². The minimum atomic E-state index is -0.885. The van der Waals surface area contributed by atoms with Crippen molar-refractivity contribution in [1.29, 1.82) is 0 Å². The molecule has 1 unspecified atom stereocenters. The fraction of sp³-hybridized carbons (Fsp3) is 0.538. The Hall–Kier alpha value is -1.38. The highest BCUT2D eigenvalue weighted by atomic mass is 79.9. The Kier molecular flexibility index (Phi) is 5.38. The summed E-state index contributed by atoms with van der Waals surface area (Å²) in [5.74, 6) is -0.997. The Morgan fingerprint density at radius 1 is 1.57 bits per heavy atom. The highest BCUT2D eigenvalue weighted by molar-refractivity contribution is 9.10. The molecule has 1 atom stereocenters. The van der Waals surface area contributed by atoms with Crippen LogP contribution in [0.4, 0.5) is 0 Å². The summed E-state index contributed by atoms with van der Waals surface area (Å²) in [6, 6.07) is 1.63. The largest absolute Gasteiger partial charge is 0.480 e. The first-order chi connectivity index (χ1) is 9.95. The van der Waals surface area contributed by atoms with E-state index in [1.54, 1.807) is 22.9 Å². The lowest BCUT2D eigenvalue weighted by Gasteiger charge is -2.34. The van der Waals surface area contributed by atoms with Gasteiger partial charge in [-0.3, -0.25) is 14.5 Å². The normalized spacial score (nSPS) is 19.0. The van der Waals surface area contributed by atoms with Crippen LogP contribution in [0.5, 0.6) is 0 Å². The molecule has 1 N–H and O–H groups in total. The van der Waals surface area contributed by atoms with Gasteiger partial charge in [0.05, 0.1) is 24.8 Å². The molecule has 2 rings (SSSR count). The summed E-state index contributed by atoms with van der Waals surface area (Å²) in [5, 5.41) is 8.74. The Labute approximate surface area is 130 Å². The number of hydrogen-bond acceptors (Lipinski definition) is 5. The number of aliphatic carboxylic acids is 1. The number of furan rings is 1. The number of ether oxygens (including phenoxy) is 1. The number of carbonyl (C=O) groups is 2. The van der Waals surface area contributed by atoms with Gasteiger partial charge in [0.25, 0.3) is 5.91 Å². The molecule has 0 saturated carbocycles. The van der Waals surface area contributed by atoms with Crippen LogP contribution in [-0.4, -0.2) is 72.7 Å². The molecule has 1 fully saturated rings. The quantitative estimate of drug-likeness (QED) is 0.839. The zero-order valence-corrected chi connectivity index (χ0v) is 13.2. The molecule has 8 heteroatoms. The highest BCUT2D eigenvalue weighted by Crippen LogP contribution is 2.17. The van der Waals surface area contributed by atoms with Gasteiger partial charge in [-0.25, -0.2) is 0 Å². The van der Waals surface area contributed by atoms with Crippen LogP contribution in [-0.2, 0) is 9.53 Å². The molecule has 21 heavy (non-hydrogen) atoms. The molecule has 1 aromatic heterocycles. The number of rotatable bonds is 5. The number of halogens is 1. The van der Waals surface area contributed by atoms with Gasteiger partial charge >= 0.3 is 5.97 Å². The van der Waals surface area contributed by atoms with Crippen molar-refractivity contribution in [2.24, 2.45) is 0 Å². The Balaban J connectivity index is 1.91. The van der Waals surface area contributed by atoms with Gasteiger partial charge in [0.15, 0.2) is 4.67 Å². The van der Waals surface area contributed by atoms with Gasteiger partial charge in [-0.05, 0) is 23.0 Å². The third kappa shape index (κ3) is 4.55. The maximum atomic E-state index is 12.3. The van der Waals surface area contributed by atoms with Crippen molar-refractivity contribution >= 4 is 27.8 Å². The lowest BCUT2D eigenvalue weighted by molar-refractivity contribution is -0.138. The molecule has 1 aromatic rings. The summed E-state index contributed by atoms with van der Waals surface area (Å²) in [5.41, 5.74) is 0.487. The molecule has 0 radical (unpaired) electrons. The van der Waals surface area contributed by atoms with Gasteiger partial charge in [0.2, 0.25) is 0 Å². The molecule has 7 nitrogen and oxygen atoms in total. The number of carboxylic acids is 1. The van der Waals surface area contributed by atoms with Crippen LogP contribution in [0.1, 0.15) is 10.4 Å². The monoisotopic (exact) mass is 360 g/mol. The smallest absolute Gasteiger partial charge is 0.317 e. The zero-order chi connectivity index (χ0) is 15.4. The second-order valence-electron chi connectivity index (χ2n) is 4.97. The average molecular weight is 361 g/mol. The molecule has 1 aliphatic heterocycles. The van der Waals surface area contributed by atoms with E-state index in [1.807, 2.05) is 0 Å². The van der Waals surface area contributed by atoms with Crippen LogP contribution >= 0.6 is 15.9 Å². The number of amides is 1. The van der Waals surface area contributed by atoms with Gasteiger partial charge in [-0.15, -0.1) is 0 Å². The third-order valence-electron chi connectivity index (χ3n) is 3.16. The highest BCUT2D eigenvalue weighted by Gasteiger charge is 2.27. The molecule has 1 aliphatic rings. The molecular weight excluding hydrogens is 344 g/mol. The van der Waals surface area contributed by atoms with E-state index in [-0.39, 0.29) is 18.6 Å². The standard InChI is InChI=1S/C13H17BrN2O5/c1-15(7-12(17)18)5-10-6-16(2-3-20-10)13(19)9-4-11(14)21-8-9/h4,8,10H,2-3,5-7H2,1H3,(H,17,18). The molecule has 0 bridgehead atoms. The summed E-state index contributed by atoms with van der Waals surface area (Å²) < 4.78 is 11.2. The van der Waals surface area contributed by atoms with E-state index >= 15 is 0 Å². The summed E-state index contributed by atoms with van der Waals surface area (Å²) in [6.07, 6.45) is 1.22. The molecule has 116 valence electrons. The van der Waals surface area contributed by atoms with Gasteiger partial charge in [-0.1, -0.05) is 0 Å². The summed E-state index contributed by atoms with van der Waals surface area (Å²) in [6.45, 7) is 1.80. The summed E-state index contributed by atoms with van der Waals surface area (Å²) in [4.78, 5) is 26.3. The Bertz CT molecular complexity index is 518. The van der Waals surface area contributed by atoms with Gasteiger partial charge in [0.1, 0.15) is 6.26 Å². The van der Waals surface area contributed by atoms with Crippen LogP contribution in [0.25, 0.3) is 0 Å².